The van der Waals surface area contributed by atoms with Crippen molar-refractivity contribution in [3.8, 4) is 11.6 Å². The van der Waals surface area contributed by atoms with Crippen molar-refractivity contribution in [3.63, 3.8) is 0 Å². The first kappa shape index (κ1) is 19.0. The molecule has 0 saturated carbocycles. The van der Waals surface area contributed by atoms with E-state index in [1.54, 1.807) is 13.2 Å². The minimum Gasteiger partial charge on any atom is -0.493 e. The van der Waals surface area contributed by atoms with E-state index in [-0.39, 0.29) is 5.91 Å². The molecule has 7 heteroatoms. The molecule has 1 saturated heterocycles. The fourth-order valence-corrected chi connectivity index (χ4v) is 3.64. The molecule has 1 aromatic heterocycles. The van der Waals surface area contributed by atoms with Crippen molar-refractivity contribution in [2.24, 2.45) is 0 Å². The number of carbonyl (C=O) groups is 1. The van der Waals surface area contributed by atoms with Gasteiger partial charge in [-0.05, 0) is 29.8 Å². The van der Waals surface area contributed by atoms with Crippen molar-refractivity contribution < 1.29 is 14.3 Å². The zero-order chi connectivity index (χ0) is 20.2. The number of rotatable bonds is 5. The minimum absolute atomic E-state index is 0.00529. The number of hydrogen-bond donors (Lipinski definition) is 0. The molecule has 1 aliphatic rings. The van der Waals surface area contributed by atoms with Gasteiger partial charge in [-0.1, -0.05) is 30.3 Å². The summed E-state index contributed by atoms with van der Waals surface area (Å²) in [5.41, 5.74) is 0.641. The number of benzene rings is 2. The highest BCUT2D eigenvalue weighted by atomic mass is 16.5. The highest BCUT2D eigenvalue weighted by Crippen LogP contribution is 2.30. The number of hydrogen-bond acceptors (Lipinski definition) is 6. The molecular weight excluding hydrogens is 368 g/mol. The Kier molecular flexibility index (Phi) is 5.46. The normalized spacial score (nSPS) is 14.1. The molecule has 29 heavy (non-hydrogen) atoms. The maximum atomic E-state index is 13.4. The summed E-state index contributed by atoms with van der Waals surface area (Å²) in [5, 5.41) is 10.2. The Morgan fingerprint density at radius 1 is 1.00 bits per heavy atom. The largest absolute Gasteiger partial charge is 0.493 e. The van der Waals surface area contributed by atoms with E-state index in [0.717, 1.165) is 16.6 Å². The van der Waals surface area contributed by atoms with Crippen molar-refractivity contribution in [2.45, 2.75) is 6.92 Å². The fraction of sp³-hybridized carbons (Fsp3) is 0.318. The standard InChI is InChI=1S/C22H24N4O3/c1-3-29-18-9-8-16-6-4-5-7-17(16)21(18)22(27)26-14-12-25(13-15-26)19-10-11-20(28-2)24-23-19/h4-11H,3,12-15H2,1-2H3. The van der Waals surface area contributed by atoms with Crippen LogP contribution in [-0.2, 0) is 0 Å². The van der Waals surface area contributed by atoms with Gasteiger partial charge in [0.1, 0.15) is 5.75 Å². The first-order valence-electron chi connectivity index (χ1n) is 9.77. The molecule has 4 rings (SSSR count). The first-order valence-corrected chi connectivity index (χ1v) is 9.77. The topological polar surface area (TPSA) is 67.8 Å². The molecule has 0 radical (unpaired) electrons. The van der Waals surface area contributed by atoms with Gasteiger partial charge in [0.2, 0.25) is 5.88 Å². The lowest BCUT2D eigenvalue weighted by Gasteiger charge is -2.35. The summed E-state index contributed by atoms with van der Waals surface area (Å²) in [5.74, 6) is 1.92. The number of aromatic nitrogens is 2. The van der Waals surface area contributed by atoms with E-state index >= 15 is 0 Å². The summed E-state index contributed by atoms with van der Waals surface area (Å²) >= 11 is 0. The van der Waals surface area contributed by atoms with E-state index in [2.05, 4.69) is 15.1 Å². The van der Waals surface area contributed by atoms with E-state index in [4.69, 9.17) is 9.47 Å². The molecule has 0 spiro atoms. The monoisotopic (exact) mass is 392 g/mol. The van der Waals surface area contributed by atoms with Crippen LogP contribution in [0.25, 0.3) is 10.8 Å². The van der Waals surface area contributed by atoms with E-state index in [1.165, 1.54) is 0 Å². The second-order valence-corrected chi connectivity index (χ2v) is 6.81. The summed E-state index contributed by atoms with van der Waals surface area (Å²) in [6, 6.07) is 15.5. The number of methoxy groups -OCH3 is 1. The molecule has 1 fully saturated rings. The minimum atomic E-state index is 0.00529. The van der Waals surface area contributed by atoms with Crippen molar-refractivity contribution >= 4 is 22.5 Å². The lowest BCUT2D eigenvalue weighted by Crippen LogP contribution is -2.49. The van der Waals surface area contributed by atoms with Crippen LogP contribution in [0, 0.1) is 0 Å². The smallest absolute Gasteiger partial charge is 0.258 e. The zero-order valence-corrected chi connectivity index (χ0v) is 16.7. The Morgan fingerprint density at radius 3 is 2.48 bits per heavy atom. The molecule has 0 atom stereocenters. The number of ether oxygens (including phenoxy) is 2. The van der Waals surface area contributed by atoms with Crippen LogP contribution in [0.3, 0.4) is 0 Å². The molecule has 0 bridgehead atoms. The van der Waals surface area contributed by atoms with Gasteiger partial charge in [0.05, 0.1) is 19.3 Å². The molecule has 0 aliphatic carbocycles. The second kappa shape index (κ2) is 8.34. The van der Waals surface area contributed by atoms with Gasteiger partial charge < -0.3 is 19.3 Å². The van der Waals surface area contributed by atoms with Crippen LogP contribution in [0.2, 0.25) is 0 Å². The highest BCUT2D eigenvalue weighted by molar-refractivity contribution is 6.09. The molecule has 1 amide bonds. The fourth-order valence-electron chi connectivity index (χ4n) is 3.64. The summed E-state index contributed by atoms with van der Waals surface area (Å²) in [6.45, 7) is 5.06. The summed E-state index contributed by atoms with van der Waals surface area (Å²) in [6.07, 6.45) is 0. The maximum Gasteiger partial charge on any atom is 0.258 e. The maximum absolute atomic E-state index is 13.4. The van der Waals surface area contributed by atoms with Crippen molar-refractivity contribution in [1.29, 1.82) is 0 Å². The number of anilines is 1. The number of fused-ring (bicyclic) bond motifs is 1. The quantitative estimate of drug-likeness (QED) is 0.665. The van der Waals surface area contributed by atoms with E-state index in [0.29, 0.717) is 50.0 Å². The molecule has 1 aliphatic heterocycles. The summed E-state index contributed by atoms with van der Waals surface area (Å²) in [4.78, 5) is 17.4. The van der Waals surface area contributed by atoms with Crippen molar-refractivity contribution in [2.75, 3.05) is 44.8 Å². The average Bonchev–Trinajstić information content (AvgIpc) is 2.79. The molecule has 7 nitrogen and oxygen atoms in total. The van der Waals surface area contributed by atoms with Crippen LogP contribution in [-0.4, -0.2) is 60.9 Å². The molecule has 2 aromatic carbocycles. The van der Waals surface area contributed by atoms with Crippen LogP contribution in [0.4, 0.5) is 5.82 Å². The lowest BCUT2D eigenvalue weighted by atomic mass is 10.0. The Hall–Kier alpha value is -3.35. The van der Waals surface area contributed by atoms with Gasteiger partial charge in [0, 0.05) is 32.2 Å². The number of amides is 1. The van der Waals surface area contributed by atoms with E-state index in [1.807, 2.05) is 54.3 Å². The first-order chi connectivity index (χ1) is 14.2. The van der Waals surface area contributed by atoms with E-state index in [9.17, 15) is 4.79 Å². The van der Waals surface area contributed by atoms with Crippen LogP contribution in [0.5, 0.6) is 11.6 Å². The van der Waals surface area contributed by atoms with E-state index < -0.39 is 0 Å². The van der Waals surface area contributed by atoms with Gasteiger partial charge in [-0.3, -0.25) is 4.79 Å². The molecule has 150 valence electrons. The lowest BCUT2D eigenvalue weighted by molar-refractivity contribution is 0.0744. The third-order valence-electron chi connectivity index (χ3n) is 5.13. The number of nitrogens with zero attached hydrogens (tertiary/aromatic N) is 4. The second-order valence-electron chi connectivity index (χ2n) is 6.81. The highest BCUT2D eigenvalue weighted by Gasteiger charge is 2.26. The predicted molar refractivity (Wildman–Crippen MR) is 112 cm³/mol. The zero-order valence-electron chi connectivity index (χ0n) is 16.7. The van der Waals surface area contributed by atoms with Gasteiger partial charge in [-0.25, -0.2) is 0 Å². The summed E-state index contributed by atoms with van der Waals surface area (Å²) < 4.78 is 10.8. The third kappa shape index (κ3) is 3.81. The van der Waals surface area contributed by atoms with Crippen LogP contribution in [0.15, 0.2) is 48.5 Å². The van der Waals surface area contributed by atoms with Crippen molar-refractivity contribution in [1.82, 2.24) is 15.1 Å². The molecule has 3 aromatic rings. The van der Waals surface area contributed by atoms with Gasteiger partial charge in [-0.2, -0.15) is 0 Å². The average molecular weight is 392 g/mol. The Bertz CT molecular complexity index is 999. The van der Waals surface area contributed by atoms with Gasteiger partial charge in [-0.15, -0.1) is 10.2 Å². The molecule has 0 unspecified atom stereocenters. The molecule has 2 heterocycles. The Labute approximate surface area is 169 Å². The van der Waals surface area contributed by atoms with Crippen LogP contribution in [0.1, 0.15) is 17.3 Å². The Morgan fingerprint density at radius 2 is 1.79 bits per heavy atom. The van der Waals surface area contributed by atoms with Gasteiger partial charge >= 0.3 is 0 Å². The Balaban J connectivity index is 1.54. The van der Waals surface area contributed by atoms with Crippen LogP contribution >= 0.6 is 0 Å². The van der Waals surface area contributed by atoms with Crippen LogP contribution < -0.4 is 14.4 Å². The SMILES string of the molecule is CCOc1ccc2ccccc2c1C(=O)N1CCN(c2ccc(OC)nn2)CC1. The van der Waals surface area contributed by atoms with Gasteiger partial charge in [0.25, 0.3) is 5.91 Å². The van der Waals surface area contributed by atoms with Crippen molar-refractivity contribution in [3.05, 3.63) is 54.1 Å². The third-order valence-corrected chi connectivity index (χ3v) is 5.13. The summed E-state index contributed by atoms with van der Waals surface area (Å²) in [7, 11) is 1.57. The molecular formula is C22H24N4O3. The predicted octanol–water partition coefficient (Wildman–Crippen LogP) is 3.00. The molecule has 0 N–H and O–H groups in total. The van der Waals surface area contributed by atoms with Gasteiger partial charge in [0.15, 0.2) is 5.82 Å². The number of carbonyl (C=O) groups excluding carboxylic acids is 1. The number of piperazine rings is 1.